The van der Waals surface area contributed by atoms with Crippen molar-refractivity contribution in [1.29, 1.82) is 0 Å². The number of thiazole rings is 1. The summed E-state index contributed by atoms with van der Waals surface area (Å²) in [6, 6.07) is 26.1. The van der Waals surface area contributed by atoms with Gasteiger partial charge in [0.1, 0.15) is 5.82 Å². The molecule has 1 heterocycles. The van der Waals surface area contributed by atoms with E-state index in [-0.39, 0.29) is 18.2 Å². The number of hydrogen-bond donors (Lipinski definition) is 3. The molecule has 2 amide bonds. The lowest BCUT2D eigenvalue weighted by Gasteiger charge is -2.14. The van der Waals surface area contributed by atoms with Gasteiger partial charge in [-0.05, 0) is 76.9 Å². The van der Waals surface area contributed by atoms with Crippen molar-refractivity contribution in [1.82, 2.24) is 10.4 Å². The molecular weight excluding hydrogens is 661 g/mol. The minimum absolute atomic E-state index is 0.0601. The molecule has 0 unspecified atom stereocenters. The maximum Gasteiger partial charge on any atom is 0.271 e. The van der Waals surface area contributed by atoms with Gasteiger partial charge in [-0.1, -0.05) is 42.5 Å². The number of halogens is 2. The number of carbonyl (C=O) groups excluding carboxylic acids is 2. The highest BCUT2D eigenvalue weighted by Crippen LogP contribution is 2.36. The number of nitrogens with zero attached hydrogens (tertiary/aromatic N) is 2. The van der Waals surface area contributed by atoms with Crippen LogP contribution in [0.15, 0.2) is 106 Å². The van der Waals surface area contributed by atoms with E-state index in [1.165, 1.54) is 35.8 Å². The lowest BCUT2D eigenvalue weighted by molar-refractivity contribution is -0.118. The van der Waals surface area contributed by atoms with Crippen molar-refractivity contribution in [3.05, 3.63) is 118 Å². The molecule has 45 heavy (non-hydrogen) atoms. The highest BCUT2D eigenvalue weighted by Gasteiger charge is 2.15. The summed E-state index contributed by atoms with van der Waals surface area (Å²) >= 11 is 4.94. The molecule has 0 fully saturated rings. The Balaban J connectivity index is 1.18. The standard InChI is InChI=1S/C33H27BrFN5O4S/c1-2-43-29-17-21(16-25(34)31(29)44-19-30(41)38-27-11-7-6-10-26(27)35)18-36-40-32(42)23-14-12-22(13-15-23)28-20-45-33(39-28)37-24-8-4-3-5-9-24/h3-18,20H,2,19H2,1H3,(H,37,39)(H,38,41)(H,40,42)/b36-18+. The van der Waals surface area contributed by atoms with Crippen LogP contribution in [-0.4, -0.2) is 36.2 Å². The first-order chi connectivity index (χ1) is 21.9. The van der Waals surface area contributed by atoms with E-state index in [1.54, 1.807) is 30.3 Å². The van der Waals surface area contributed by atoms with Gasteiger partial charge in [0.05, 0.1) is 28.7 Å². The van der Waals surface area contributed by atoms with Crippen molar-refractivity contribution in [3.63, 3.8) is 0 Å². The predicted octanol–water partition coefficient (Wildman–Crippen LogP) is 7.64. The topological polar surface area (TPSA) is 114 Å². The summed E-state index contributed by atoms with van der Waals surface area (Å²) in [7, 11) is 0. The highest BCUT2D eigenvalue weighted by molar-refractivity contribution is 9.10. The number of aromatic nitrogens is 1. The molecule has 5 aromatic rings. The molecule has 0 saturated carbocycles. The van der Waals surface area contributed by atoms with Crippen molar-refractivity contribution >= 4 is 61.8 Å². The van der Waals surface area contributed by atoms with Gasteiger partial charge in [-0.3, -0.25) is 9.59 Å². The number of hydrogen-bond acceptors (Lipinski definition) is 8. The third-order valence-electron chi connectivity index (χ3n) is 6.18. The van der Waals surface area contributed by atoms with Crippen molar-refractivity contribution in [2.45, 2.75) is 6.92 Å². The maximum absolute atomic E-state index is 13.8. The van der Waals surface area contributed by atoms with E-state index in [4.69, 9.17) is 9.47 Å². The third-order valence-corrected chi connectivity index (χ3v) is 7.53. The fourth-order valence-corrected chi connectivity index (χ4v) is 5.40. The maximum atomic E-state index is 13.8. The molecule has 12 heteroatoms. The van der Waals surface area contributed by atoms with Gasteiger partial charge in [-0.25, -0.2) is 14.8 Å². The Labute approximate surface area is 271 Å². The number of rotatable bonds is 12. The lowest BCUT2D eigenvalue weighted by Crippen LogP contribution is -2.21. The van der Waals surface area contributed by atoms with Crippen LogP contribution in [0.1, 0.15) is 22.8 Å². The molecule has 3 N–H and O–H groups in total. The highest BCUT2D eigenvalue weighted by atomic mass is 79.9. The first-order valence-electron chi connectivity index (χ1n) is 13.7. The van der Waals surface area contributed by atoms with Crippen LogP contribution in [-0.2, 0) is 4.79 Å². The van der Waals surface area contributed by atoms with Crippen molar-refractivity contribution in [2.75, 3.05) is 23.8 Å². The number of para-hydroxylation sites is 2. The molecule has 0 saturated heterocycles. The Hall–Kier alpha value is -5.07. The summed E-state index contributed by atoms with van der Waals surface area (Å²) in [5.41, 5.74) is 6.27. The molecule has 0 radical (unpaired) electrons. The number of benzene rings is 4. The summed E-state index contributed by atoms with van der Waals surface area (Å²) in [6.45, 7) is 1.77. The fraction of sp³-hybridized carbons (Fsp3) is 0.0909. The first kappa shape index (κ1) is 31.4. The summed E-state index contributed by atoms with van der Waals surface area (Å²) in [6.07, 6.45) is 1.46. The van der Waals surface area contributed by atoms with Crippen LogP contribution >= 0.6 is 27.3 Å². The second-order valence-corrected chi connectivity index (χ2v) is 11.1. The zero-order valence-electron chi connectivity index (χ0n) is 23.9. The van der Waals surface area contributed by atoms with Crippen molar-refractivity contribution < 1.29 is 23.5 Å². The summed E-state index contributed by atoms with van der Waals surface area (Å²) in [4.78, 5) is 29.7. The average molecular weight is 689 g/mol. The van der Waals surface area contributed by atoms with Gasteiger partial charge in [-0.2, -0.15) is 5.10 Å². The summed E-state index contributed by atoms with van der Waals surface area (Å²) in [5, 5.41) is 12.6. The van der Waals surface area contributed by atoms with E-state index in [0.717, 1.165) is 22.1 Å². The molecule has 0 aliphatic carbocycles. The van der Waals surface area contributed by atoms with Gasteiger partial charge in [0, 0.05) is 22.2 Å². The number of nitrogens with one attached hydrogen (secondary N) is 3. The van der Waals surface area contributed by atoms with Gasteiger partial charge < -0.3 is 20.1 Å². The number of anilines is 3. The van der Waals surface area contributed by atoms with Gasteiger partial charge in [-0.15, -0.1) is 11.3 Å². The monoisotopic (exact) mass is 687 g/mol. The normalized spacial score (nSPS) is 10.8. The largest absolute Gasteiger partial charge is 0.490 e. The quantitative estimate of drug-likeness (QED) is 0.0918. The second kappa shape index (κ2) is 15.1. The number of ether oxygens (including phenoxy) is 2. The van der Waals surface area contributed by atoms with Crippen molar-refractivity contribution in [3.8, 4) is 22.8 Å². The first-order valence-corrected chi connectivity index (χ1v) is 15.4. The average Bonchev–Trinajstić information content (AvgIpc) is 3.51. The van der Waals surface area contributed by atoms with Crippen LogP contribution in [0.25, 0.3) is 11.3 Å². The minimum Gasteiger partial charge on any atom is -0.490 e. The van der Waals surface area contributed by atoms with E-state index in [2.05, 4.69) is 42.1 Å². The van der Waals surface area contributed by atoms with Crippen LogP contribution in [0, 0.1) is 5.82 Å². The summed E-state index contributed by atoms with van der Waals surface area (Å²) in [5.74, 6) is -0.806. The Kier molecular flexibility index (Phi) is 10.5. The second-order valence-electron chi connectivity index (χ2n) is 9.39. The van der Waals surface area contributed by atoms with E-state index in [0.29, 0.717) is 33.7 Å². The molecule has 0 bridgehead atoms. The lowest BCUT2D eigenvalue weighted by atomic mass is 10.1. The number of carbonyl (C=O) groups is 2. The minimum atomic E-state index is -0.545. The van der Waals surface area contributed by atoms with Gasteiger partial charge in [0.25, 0.3) is 11.8 Å². The number of amides is 2. The van der Waals surface area contributed by atoms with E-state index in [9.17, 15) is 14.0 Å². The Morgan fingerprint density at radius 3 is 2.51 bits per heavy atom. The van der Waals surface area contributed by atoms with Crippen molar-refractivity contribution in [2.24, 2.45) is 5.10 Å². The third kappa shape index (κ3) is 8.52. The van der Waals surface area contributed by atoms with Gasteiger partial charge >= 0.3 is 0 Å². The Morgan fingerprint density at radius 1 is 1.00 bits per heavy atom. The van der Waals surface area contributed by atoms with Gasteiger partial charge in [0.15, 0.2) is 23.2 Å². The molecule has 228 valence electrons. The zero-order chi connectivity index (χ0) is 31.6. The van der Waals surface area contributed by atoms with Crippen LogP contribution in [0.5, 0.6) is 11.5 Å². The van der Waals surface area contributed by atoms with E-state index in [1.807, 2.05) is 54.8 Å². The summed E-state index contributed by atoms with van der Waals surface area (Å²) < 4.78 is 25.7. The van der Waals surface area contributed by atoms with Crippen LogP contribution in [0.3, 0.4) is 0 Å². The number of hydrazone groups is 1. The Bertz CT molecular complexity index is 1820. The van der Waals surface area contributed by atoms with Gasteiger partial charge in [0.2, 0.25) is 0 Å². The molecule has 0 spiro atoms. The molecule has 1 aromatic heterocycles. The molecule has 0 atom stereocenters. The van der Waals surface area contributed by atoms with Crippen LogP contribution < -0.4 is 25.5 Å². The molecular formula is C33H27BrFN5O4S. The SMILES string of the molecule is CCOc1cc(/C=N/NC(=O)c2ccc(-c3csc(Nc4ccccc4)n3)cc2)cc(Br)c1OCC(=O)Nc1ccccc1F. The predicted molar refractivity (Wildman–Crippen MR) is 178 cm³/mol. The molecule has 9 nitrogen and oxygen atoms in total. The van der Waals surface area contributed by atoms with Crippen LogP contribution in [0.2, 0.25) is 0 Å². The molecule has 0 aliphatic rings. The smallest absolute Gasteiger partial charge is 0.271 e. The fourth-order valence-electron chi connectivity index (χ4n) is 4.08. The molecule has 4 aromatic carbocycles. The molecule has 5 rings (SSSR count). The zero-order valence-corrected chi connectivity index (χ0v) is 26.3. The molecule has 0 aliphatic heterocycles. The van der Waals surface area contributed by atoms with E-state index < -0.39 is 11.7 Å². The van der Waals surface area contributed by atoms with E-state index >= 15 is 0 Å². The Morgan fingerprint density at radius 2 is 1.76 bits per heavy atom. The van der Waals surface area contributed by atoms with Crippen LogP contribution in [0.4, 0.5) is 20.9 Å².